The zero-order valence-corrected chi connectivity index (χ0v) is 14.9. The monoisotopic (exact) mass is 385 g/mol. The average Bonchev–Trinajstić information content (AvgIpc) is 2.63. The molecular weight excluding hydrogens is 373 g/mol. The van der Waals surface area contributed by atoms with E-state index in [1.54, 1.807) is 30.5 Å². The summed E-state index contributed by atoms with van der Waals surface area (Å²) in [4.78, 5) is 27.9. The zero-order valence-electron chi connectivity index (χ0n) is 13.4. The molecule has 0 bridgehead atoms. The minimum absolute atomic E-state index is 0.137. The summed E-state index contributed by atoms with van der Waals surface area (Å²) in [5.74, 6) is -1.03. The van der Waals surface area contributed by atoms with Crippen LogP contribution in [-0.4, -0.2) is 16.8 Å². The molecule has 3 N–H and O–H groups in total. The second-order valence-corrected chi connectivity index (χ2v) is 6.24. The van der Waals surface area contributed by atoms with Crippen LogP contribution in [0.4, 0.5) is 5.69 Å². The lowest BCUT2D eigenvalue weighted by atomic mass is 10.1. The van der Waals surface area contributed by atoms with Crippen LogP contribution in [0.5, 0.6) is 0 Å². The van der Waals surface area contributed by atoms with Crippen LogP contribution in [0.25, 0.3) is 11.3 Å². The fourth-order valence-corrected chi connectivity index (χ4v) is 2.85. The molecule has 3 aromatic rings. The molecule has 5 nitrogen and oxygen atoms in total. The Morgan fingerprint density at radius 3 is 2.42 bits per heavy atom. The van der Waals surface area contributed by atoms with Crippen LogP contribution in [-0.2, 0) is 0 Å². The number of benzene rings is 2. The molecule has 0 saturated carbocycles. The predicted octanol–water partition coefficient (Wildman–Crippen LogP) is 4.41. The number of nitrogens with zero attached hydrogens (tertiary/aromatic N) is 1. The Morgan fingerprint density at radius 2 is 1.77 bits per heavy atom. The molecule has 130 valence electrons. The number of hydrogen-bond acceptors (Lipinski definition) is 3. The number of amides is 2. The van der Waals surface area contributed by atoms with Gasteiger partial charge in [0.05, 0.1) is 21.3 Å². The molecule has 26 heavy (non-hydrogen) atoms. The van der Waals surface area contributed by atoms with Crippen molar-refractivity contribution in [1.29, 1.82) is 0 Å². The summed E-state index contributed by atoms with van der Waals surface area (Å²) in [6.45, 7) is 0. The van der Waals surface area contributed by atoms with Crippen molar-refractivity contribution in [2.75, 3.05) is 5.32 Å². The van der Waals surface area contributed by atoms with Gasteiger partial charge in [0.2, 0.25) is 5.91 Å². The molecule has 1 aromatic heterocycles. The van der Waals surface area contributed by atoms with Crippen LogP contribution in [0.3, 0.4) is 0 Å². The van der Waals surface area contributed by atoms with E-state index in [1.807, 2.05) is 12.1 Å². The van der Waals surface area contributed by atoms with Crippen molar-refractivity contribution >= 4 is 40.7 Å². The Balaban J connectivity index is 1.88. The highest BCUT2D eigenvalue weighted by atomic mass is 35.5. The largest absolute Gasteiger partial charge is 0.366 e. The molecule has 0 saturated heterocycles. The van der Waals surface area contributed by atoms with Crippen molar-refractivity contribution in [3.8, 4) is 11.3 Å². The highest BCUT2D eigenvalue weighted by molar-refractivity contribution is 6.35. The standard InChI is InChI=1S/C19H13Cl2N3O2/c20-15-7-5-12(10-14(15)17-3-1-2-8-23-17)24-19(26)13-6-4-11(18(22)25)9-16(13)21/h1-10H,(H2,22,25)(H,24,26). The van der Waals surface area contributed by atoms with E-state index < -0.39 is 11.8 Å². The second kappa shape index (κ2) is 7.56. The van der Waals surface area contributed by atoms with Gasteiger partial charge in [0.1, 0.15) is 0 Å². The number of halogens is 2. The number of carbonyl (C=O) groups excluding carboxylic acids is 2. The maximum Gasteiger partial charge on any atom is 0.257 e. The fraction of sp³-hybridized carbons (Fsp3) is 0. The van der Waals surface area contributed by atoms with Crippen LogP contribution in [0, 0.1) is 0 Å². The third-order valence-electron chi connectivity index (χ3n) is 3.66. The number of hydrogen-bond donors (Lipinski definition) is 2. The molecule has 2 amide bonds. The van der Waals surface area contributed by atoms with Gasteiger partial charge in [0.15, 0.2) is 0 Å². The first kappa shape index (κ1) is 17.9. The molecule has 3 rings (SSSR count). The van der Waals surface area contributed by atoms with Gasteiger partial charge >= 0.3 is 0 Å². The molecule has 0 atom stereocenters. The summed E-state index contributed by atoms with van der Waals surface area (Å²) in [5.41, 5.74) is 7.59. The van der Waals surface area contributed by atoms with Crippen LogP contribution in [0.2, 0.25) is 10.0 Å². The topological polar surface area (TPSA) is 85.1 Å². The number of pyridine rings is 1. The third-order valence-corrected chi connectivity index (χ3v) is 4.31. The van der Waals surface area contributed by atoms with E-state index in [0.29, 0.717) is 22.0 Å². The number of rotatable bonds is 4. The van der Waals surface area contributed by atoms with Crippen molar-refractivity contribution < 1.29 is 9.59 Å². The average molecular weight is 386 g/mol. The van der Waals surface area contributed by atoms with E-state index in [-0.39, 0.29) is 16.1 Å². The van der Waals surface area contributed by atoms with E-state index in [9.17, 15) is 9.59 Å². The fourth-order valence-electron chi connectivity index (χ4n) is 2.37. The summed E-state index contributed by atoms with van der Waals surface area (Å²) < 4.78 is 0. The molecule has 0 fully saturated rings. The van der Waals surface area contributed by atoms with Crippen LogP contribution in [0.15, 0.2) is 60.8 Å². The van der Waals surface area contributed by atoms with Gasteiger partial charge in [-0.2, -0.15) is 0 Å². The first-order chi connectivity index (χ1) is 12.5. The Labute approximate surface area is 159 Å². The van der Waals surface area contributed by atoms with Gasteiger partial charge in [-0.1, -0.05) is 29.3 Å². The van der Waals surface area contributed by atoms with Crippen LogP contribution in [0.1, 0.15) is 20.7 Å². The highest BCUT2D eigenvalue weighted by Crippen LogP contribution is 2.29. The Hall–Kier alpha value is -2.89. The quantitative estimate of drug-likeness (QED) is 0.697. The van der Waals surface area contributed by atoms with E-state index in [1.165, 1.54) is 18.2 Å². The number of anilines is 1. The lowest BCUT2D eigenvalue weighted by Crippen LogP contribution is -2.15. The molecular formula is C19H13Cl2N3O2. The van der Waals surface area contributed by atoms with Gasteiger partial charge in [-0.05, 0) is 48.5 Å². The summed E-state index contributed by atoms with van der Waals surface area (Å²) in [7, 11) is 0. The van der Waals surface area contributed by atoms with Crippen molar-refractivity contribution in [1.82, 2.24) is 4.98 Å². The second-order valence-electron chi connectivity index (χ2n) is 5.42. The lowest BCUT2D eigenvalue weighted by molar-refractivity contribution is 0.0995. The van der Waals surface area contributed by atoms with Gasteiger partial charge in [0.25, 0.3) is 5.91 Å². The predicted molar refractivity (Wildman–Crippen MR) is 103 cm³/mol. The number of carbonyl (C=O) groups is 2. The number of aromatic nitrogens is 1. The van der Waals surface area contributed by atoms with Crippen molar-refractivity contribution in [3.63, 3.8) is 0 Å². The summed E-state index contributed by atoms with van der Waals surface area (Å²) in [6.07, 6.45) is 1.66. The summed E-state index contributed by atoms with van der Waals surface area (Å²) in [6, 6.07) is 14.8. The first-order valence-electron chi connectivity index (χ1n) is 7.57. The molecule has 0 unspecified atom stereocenters. The van der Waals surface area contributed by atoms with Crippen molar-refractivity contribution in [2.45, 2.75) is 0 Å². The SMILES string of the molecule is NC(=O)c1ccc(C(=O)Nc2ccc(Cl)c(-c3ccccn3)c2)c(Cl)c1. The normalized spacial score (nSPS) is 10.4. The van der Waals surface area contributed by atoms with Gasteiger partial charge in [-0.3, -0.25) is 14.6 Å². The van der Waals surface area contributed by atoms with E-state index in [0.717, 1.165) is 0 Å². The highest BCUT2D eigenvalue weighted by Gasteiger charge is 2.14. The van der Waals surface area contributed by atoms with E-state index in [4.69, 9.17) is 28.9 Å². The van der Waals surface area contributed by atoms with E-state index in [2.05, 4.69) is 10.3 Å². The molecule has 0 radical (unpaired) electrons. The Bertz CT molecular complexity index is 991. The molecule has 0 spiro atoms. The van der Waals surface area contributed by atoms with Gasteiger partial charge in [-0.15, -0.1) is 0 Å². The molecule has 0 aliphatic heterocycles. The summed E-state index contributed by atoms with van der Waals surface area (Å²) >= 11 is 12.3. The van der Waals surface area contributed by atoms with Gasteiger partial charge < -0.3 is 11.1 Å². The minimum atomic E-state index is -0.614. The van der Waals surface area contributed by atoms with E-state index >= 15 is 0 Å². The van der Waals surface area contributed by atoms with Crippen molar-refractivity contribution in [3.05, 3.63) is 82.0 Å². The molecule has 7 heteroatoms. The maximum absolute atomic E-state index is 12.5. The molecule has 2 aromatic carbocycles. The summed E-state index contributed by atoms with van der Waals surface area (Å²) in [5, 5.41) is 3.41. The third kappa shape index (κ3) is 3.85. The van der Waals surface area contributed by atoms with Crippen LogP contribution >= 0.6 is 23.2 Å². The first-order valence-corrected chi connectivity index (χ1v) is 8.33. The number of nitrogens with one attached hydrogen (secondary N) is 1. The molecule has 1 heterocycles. The van der Waals surface area contributed by atoms with Gasteiger partial charge in [0, 0.05) is 23.0 Å². The Kier molecular flexibility index (Phi) is 5.21. The minimum Gasteiger partial charge on any atom is -0.366 e. The maximum atomic E-state index is 12.5. The van der Waals surface area contributed by atoms with Crippen molar-refractivity contribution in [2.24, 2.45) is 5.73 Å². The smallest absolute Gasteiger partial charge is 0.257 e. The lowest BCUT2D eigenvalue weighted by Gasteiger charge is -2.10. The molecule has 0 aliphatic carbocycles. The number of nitrogens with two attached hydrogens (primary N) is 1. The number of primary amides is 1. The molecule has 0 aliphatic rings. The zero-order chi connectivity index (χ0) is 18.7. The van der Waals surface area contributed by atoms with Gasteiger partial charge in [-0.25, -0.2) is 0 Å². The Morgan fingerprint density at radius 1 is 0.962 bits per heavy atom. The van der Waals surface area contributed by atoms with Crippen LogP contribution < -0.4 is 11.1 Å².